The molecule has 0 spiro atoms. The molecule has 0 aromatic carbocycles. The van der Waals surface area contributed by atoms with Crippen LogP contribution >= 0.6 is 0 Å². The standard InChI is InChI=1S/C16H31NO/c1-3-9-17-16-8-7-13(4-2)11-14(16)12-15-6-5-10-18-15/h13-17H,3-12H2,1-2H3. The van der Waals surface area contributed by atoms with Gasteiger partial charge in [-0.1, -0.05) is 20.3 Å². The molecule has 2 heteroatoms. The van der Waals surface area contributed by atoms with E-state index in [9.17, 15) is 0 Å². The van der Waals surface area contributed by atoms with Gasteiger partial charge in [0, 0.05) is 12.6 Å². The first-order valence-corrected chi connectivity index (χ1v) is 8.18. The third-order valence-corrected chi connectivity index (χ3v) is 4.91. The van der Waals surface area contributed by atoms with Crippen molar-refractivity contribution in [2.24, 2.45) is 11.8 Å². The molecule has 18 heavy (non-hydrogen) atoms. The summed E-state index contributed by atoms with van der Waals surface area (Å²) in [5, 5.41) is 3.78. The van der Waals surface area contributed by atoms with Gasteiger partial charge in [-0.25, -0.2) is 0 Å². The lowest BCUT2D eigenvalue weighted by Crippen LogP contribution is -2.42. The summed E-state index contributed by atoms with van der Waals surface area (Å²) in [6, 6.07) is 0.761. The molecule has 106 valence electrons. The molecular weight excluding hydrogens is 222 g/mol. The van der Waals surface area contributed by atoms with Crippen LogP contribution in [0.4, 0.5) is 0 Å². The number of nitrogens with one attached hydrogen (secondary N) is 1. The second-order valence-corrected chi connectivity index (χ2v) is 6.28. The molecule has 0 amide bonds. The van der Waals surface area contributed by atoms with Crippen molar-refractivity contribution in [1.29, 1.82) is 0 Å². The summed E-state index contributed by atoms with van der Waals surface area (Å²) in [5.74, 6) is 1.83. The lowest BCUT2D eigenvalue weighted by Gasteiger charge is -2.37. The summed E-state index contributed by atoms with van der Waals surface area (Å²) in [6.45, 7) is 6.80. The van der Waals surface area contributed by atoms with E-state index >= 15 is 0 Å². The lowest BCUT2D eigenvalue weighted by atomic mass is 9.74. The number of hydrogen-bond donors (Lipinski definition) is 1. The van der Waals surface area contributed by atoms with Gasteiger partial charge in [0.15, 0.2) is 0 Å². The van der Waals surface area contributed by atoms with Crippen molar-refractivity contribution in [3.63, 3.8) is 0 Å². The summed E-state index contributed by atoms with van der Waals surface area (Å²) in [7, 11) is 0. The predicted octanol–water partition coefficient (Wildman–Crippen LogP) is 3.75. The molecule has 2 rings (SSSR count). The van der Waals surface area contributed by atoms with E-state index in [1.54, 1.807) is 0 Å². The Bertz CT molecular complexity index is 225. The van der Waals surface area contributed by atoms with Gasteiger partial charge < -0.3 is 10.1 Å². The number of ether oxygens (including phenoxy) is 1. The Kier molecular flexibility index (Phi) is 5.97. The molecule has 0 aromatic rings. The SMILES string of the molecule is CCCNC1CCC(CC)CC1CC1CCCO1. The smallest absolute Gasteiger partial charge is 0.0579 e. The van der Waals surface area contributed by atoms with Crippen LogP contribution in [0.2, 0.25) is 0 Å². The highest BCUT2D eigenvalue weighted by atomic mass is 16.5. The van der Waals surface area contributed by atoms with Crippen molar-refractivity contribution in [3.05, 3.63) is 0 Å². The van der Waals surface area contributed by atoms with Crippen molar-refractivity contribution < 1.29 is 4.74 Å². The van der Waals surface area contributed by atoms with E-state index < -0.39 is 0 Å². The fourth-order valence-electron chi connectivity index (χ4n) is 3.76. The molecule has 4 unspecified atom stereocenters. The van der Waals surface area contributed by atoms with Crippen molar-refractivity contribution in [3.8, 4) is 0 Å². The highest BCUT2D eigenvalue weighted by Crippen LogP contribution is 2.35. The second-order valence-electron chi connectivity index (χ2n) is 6.28. The Balaban J connectivity index is 1.85. The molecule has 2 aliphatic rings. The maximum atomic E-state index is 5.85. The summed E-state index contributed by atoms with van der Waals surface area (Å²) >= 11 is 0. The molecule has 0 radical (unpaired) electrons. The molecular formula is C16H31NO. The van der Waals surface area contributed by atoms with Gasteiger partial charge in [0.1, 0.15) is 0 Å². The normalized spacial score (nSPS) is 37.0. The van der Waals surface area contributed by atoms with Gasteiger partial charge in [0.25, 0.3) is 0 Å². The first-order chi connectivity index (χ1) is 8.83. The molecule has 1 saturated heterocycles. The monoisotopic (exact) mass is 253 g/mol. The van der Waals surface area contributed by atoms with Crippen LogP contribution in [0.5, 0.6) is 0 Å². The largest absolute Gasteiger partial charge is 0.378 e. The Morgan fingerprint density at radius 2 is 2.06 bits per heavy atom. The maximum Gasteiger partial charge on any atom is 0.0579 e. The zero-order valence-electron chi connectivity index (χ0n) is 12.3. The first-order valence-electron chi connectivity index (χ1n) is 8.18. The third kappa shape index (κ3) is 3.96. The van der Waals surface area contributed by atoms with Gasteiger partial charge in [0.2, 0.25) is 0 Å². The second kappa shape index (κ2) is 7.49. The Morgan fingerprint density at radius 3 is 2.72 bits per heavy atom. The Morgan fingerprint density at radius 1 is 1.17 bits per heavy atom. The van der Waals surface area contributed by atoms with Gasteiger partial charge in [0.05, 0.1) is 6.10 Å². The Labute approximate surface area is 113 Å². The summed E-state index contributed by atoms with van der Waals surface area (Å²) < 4.78 is 5.85. The lowest BCUT2D eigenvalue weighted by molar-refractivity contribution is 0.0667. The zero-order valence-corrected chi connectivity index (χ0v) is 12.3. The van der Waals surface area contributed by atoms with Crippen LogP contribution in [-0.4, -0.2) is 25.3 Å². The molecule has 2 fully saturated rings. The molecule has 4 atom stereocenters. The quantitative estimate of drug-likeness (QED) is 0.778. The van der Waals surface area contributed by atoms with Gasteiger partial charge in [-0.2, -0.15) is 0 Å². The van der Waals surface area contributed by atoms with Crippen molar-refractivity contribution in [2.45, 2.75) is 77.4 Å². The summed E-state index contributed by atoms with van der Waals surface area (Å²) in [6.07, 6.45) is 11.3. The fraction of sp³-hybridized carbons (Fsp3) is 1.00. The van der Waals surface area contributed by atoms with E-state index in [0.29, 0.717) is 6.10 Å². The van der Waals surface area contributed by atoms with E-state index in [0.717, 1.165) is 24.5 Å². The molecule has 1 saturated carbocycles. The van der Waals surface area contributed by atoms with Crippen LogP contribution < -0.4 is 5.32 Å². The van der Waals surface area contributed by atoms with E-state index in [1.807, 2.05) is 0 Å². The van der Waals surface area contributed by atoms with Crippen LogP contribution in [0.1, 0.15) is 65.2 Å². The molecule has 1 aliphatic carbocycles. The topological polar surface area (TPSA) is 21.3 Å². The molecule has 0 aromatic heterocycles. The highest BCUT2D eigenvalue weighted by Gasteiger charge is 2.32. The third-order valence-electron chi connectivity index (χ3n) is 4.91. The van der Waals surface area contributed by atoms with Crippen LogP contribution in [0.15, 0.2) is 0 Å². The van der Waals surface area contributed by atoms with Crippen LogP contribution in [-0.2, 0) is 4.74 Å². The maximum absolute atomic E-state index is 5.85. The van der Waals surface area contributed by atoms with Gasteiger partial charge in [-0.15, -0.1) is 0 Å². The van der Waals surface area contributed by atoms with E-state index in [2.05, 4.69) is 19.2 Å². The average Bonchev–Trinajstić information content (AvgIpc) is 2.90. The summed E-state index contributed by atoms with van der Waals surface area (Å²) in [4.78, 5) is 0. The minimum atomic E-state index is 0.566. The van der Waals surface area contributed by atoms with Crippen molar-refractivity contribution in [2.75, 3.05) is 13.2 Å². The van der Waals surface area contributed by atoms with Crippen LogP contribution in [0.25, 0.3) is 0 Å². The molecule has 2 nitrogen and oxygen atoms in total. The number of hydrogen-bond acceptors (Lipinski definition) is 2. The first kappa shape index (κ1) is 14.3. The minimum Gasteiger partial charge on any atom is -0.378 e. The molecule has 1 heterocycles. The van der Waals surface area contributed by atoms with Gasteiger partial charge in [-0.05, 0) is 63.3 Å². The molecule has 1 N–H and O–H groups in total. The molecule has 1 aliphatic heterocycles. The average molecular weight is 253 g/mol. The van der Waals surface area contributed by atoms with Gasteiger partial charge >= 0.3 is 0 Å². The van der Waals surface area contributed by atoms with Crippen molar-refractivity contribution >= 4 is 0 Å². The van der Waals surface area contributed by atoms with Crippen LogP contribution in [0, 0.1) is 11.8 Å². The van der Waals surface area contributed by atoms with E-state index in [-0.39, 0.29) is 0 Å². The Hall–Kier alpha value is -0.0800. The molecule has 0 bridgehead atoms. The van der Waals surface area contributed by atoms with Crippen molar-refractivity contribution in [1.82, 2.24) is 5.32 Å². The number of rotatable bonds is 6. The van der Waals surface area contributed by atoms with Crippen LogP contribution in [0.3, 0.4) is 0 Å². The van der Waals surface area contributed by atoms with E-state index in [1.165, 1.54) is 57.9 Å². The van der Waals surface area contributed by atoms with Gasteiger partial charge in [-0.3, -0.25) is 0 Å². The zero-order chi connectivity index (χ0) is 12.8. The van der Waals surface area contributed by atoms with E-state index in [4.69, 9.17) is 4.74 Å². The predicted molar refractivity (Wildman–Crippen MR) is 76.8 cm³/mol. The highest BCUT2D eigenvalue weighted by molar-refractivity contribution is 4.86. The fourth-order valence-corrected chi connectivity index (χ4v) is 3.76. The summed E-state index contributed by atoms with van der Waals surface area (Å²) in [5.41, 5.74) is 0. The minimum absolute atomic E-state index is 0.566.